The molecule has 7 aromatic rings. The van der Waals surface area contributed by atoms with Gasteiger partial charge in [-0.3, -0.25) is 0 Å². The zero-order valence-corrected chi connectivity index (χ0v) is 56.5. The van der Waals surface area contributed by atoms with Crippen molar-refractivity contribution < 1.29 is 51.1 Å². The summed E-state index contributed by atoms with van der Waals surface area (Å²) in [5, 5.41) is 0. The highest BCUT2D eigenvalue weighted by atomic mass is 19.1. The number of halogens is 3. The molecular formula is C74H119F3N8O8. The average molecular weight is 1310 g/mol. The minimum absolute atomic E-state index is 0. The Hall–Kier alpha value is -7.51. The monoisotopic (exact) mass is 1300 g/mol. The highest BCUT2D eigenvalue weighted by molar-refractivity contribution is 5.29. The third kappa shape index (κ3) is 33.3. The zero-order valence-electron chi connectivity index (χ0n) is 56.5. The van der Waals surface area contributed by atoms with Crippen molar-refractivity contribution in [3.63, 3.8) is 0 Å². The van der Waals surface area contributed by atoms with Crippen LogP contribution in [0.5, 0.6) is 35.3 Å². The molecule has 6 aromatic heterocycles. The number of nitrogens with zero attached hydrogens (tertiary/aromatic N) is 8. The van der Waals surface area contributed by atoms with Crippen LogP contribution in [0.4, 0.5) is 13.2 Å². The van der Waals surface area contributed by atoms with Crippen LogP contribution < -0.4 is 28.4 Å². The van der Waals surface area contributed by atoms with E-state index in [9.17, 15) is 13.2 Å². The van der Waals surface area contributed by atoms with E-state index < -0.39 is 11.6 Å². The molecule has 1 aliphatic carbocycles. The summed E-state index contributed by atoms with van der Waals surface area (Å²) in [6.07, 6.45) is 3.17. The average Bonchev–Trinajstić information content (AvgIpc) is 1.72. The molecule has 8 rings (SSSR count). The van der Waals surface area contributed by atoms with E-state index >= 15 is 0 Å². The van der Waals surface area contributed by atoms with Crippen molar-refractivity contribution in [3.05, 3.63) is 165 Å². The van der Waals surface area contributed by atoms with E-state index in [2.05, 4.69) is 139 Å². The molecule has 0 radical (unpaired) electrons. The first-order chi connectivity index (χ1) is 41.7. The molecule has 0 spiro atoms. The standard InChI is InChI=1S/C11H15FN2O.2C11H17NO2.C10H14.C9H12FNO.C9H13NO.C8H11FN2O.5CH4/c1-6(2)10-13-9(7-4-5-7)8(12)11(14-10)15-3;2*1-8(2)10-5-9(7-13-3)6-11(12-10)14-4;1-8(2)10-6-4-5-9(3)7-10;1-6(2)8-5-4-7(10)9(11-8)12-3;1-7(2)8-5-4-6-9(10-8)11-3;1-5(2)7-10-4-6(9)8(11-7)12-3;;;;;/h6-7H,4-5H2,1-3H3;2*5-6,8H,7H2,1-4H3;4-8H,1-3H3;4-6H,1-3H3;4-7H,1-3H3;4-5H,1-3H3;5*1H4. The summed E-state index contributed by atoms with van der Waals surface area (Å²) in [5.74, 6) is 4.95. The minimum atomic E-state index is -0.526. The first kappa shape index (κ1) is 91.9. The van der Waals surface area contributed by atoms with Gasteiger partial charge in [0.05, 0.1) is 67.8 Å². The van der Waals surface area contributed by atoms with E-state index in [1.165, 1.54) is 38.5 Å². The van der Waals surface area contributed by atoms with Gasteiger partial charge < -0.3 is 37.9 Å². The molecule has 93 heavy (non-hydrogen) atoms. The fourth-order valence-electron chi connectivity index (χ4n) is 7.53. The largest absolute Gasteiger partial charge is 0.481 e. The zero-order chi connectivity index (χ0) is 66.2. The van der Waals surface area contributed by atoms with E-state index in [1.807, 2.05) is 71.9 Å². The number of ether oxygens (including phenoxy) is 8. The van der Waals surface area contributed by atoms with E-state index in [1.54, 1.807) is 41.6 Å². The lowest BCUT2D eigenvalue weighted by molar-refractivity contribution is 0.184. The van der Waals surface area contributed by atoms with Gasteiger partial charge in [-0.25, -0.2) is 34.3 Å². The highest BCUT2D eigenvalue weighted by Crippen LogP contribution is 2.42. The van der Waals surface area contributed by atoms with Crippen LogP contribution in [0.25, 0.3) is 0 Å². The van der Waals surface area contributed by atoms with Crippen molar-refractivity contribution in [2.24, 2.45) is 0 Å². The lowest BCUT2D eigenvalue weighted by atomic mass is 10.0. The van der Waals surface area contributed by atoms with Crippen molar-refractivity contribution in [1.29, 1.82) is 0 Å². The SMILES string of the molecule is C.C.C.C.C.COCc1cc(OC)nc(C(C)C)c1.COCc1cc(OC)nc(C(C)C)c1.COc1cccc(C(C)C)n1.COc1nc(C(C)C)ccc1F.COc1nc(C(C)C)nc(C2CC2)c1F.COc1nc(C(C)C)ncc1F.Cc1cccc(C(C)C)c1. The van der Waals surface area contributed by atoms with Crippen molar-refractivity contribution >= 4 is 0 Å². The van der Waals surface area contributed by atoms with Crippen LogP contribution in [0, 0.1) is 24.4 Å². The quantitative estimate of drug-likeness (QED) is 0.0792. The Morgan fingerprint density at radius 2 is 0.828 bits per heavy atom. The number of aromatic nitrogens is 8. The smallest absolute Gasteiger partial charge is 0.253 e. The maximum atomic E-state index is 13.8. The van der Waals surface area contributed by atoms with Gasteiger partial charge in [-0.2, -0.15) is 18.7 Å². The molecule has 0 atom stereocenters. The Morgan fingerprint density at radius 3 is 1.22 bits per heavy atom. The lowest BCUT2D eigenvalue weighted by Crippen LogP contribution is -2.06. The third-order valence-corrected chi connectivity index (χ3v) is 12.8. The number of rotatable bonds is 18. The van der Waals surface area contributed by atoms with E-state index in [-0.39, 0.29) is 78.3 Å². The first-order valence-corrected chi connectivity index (χ1v) is 29.7. The summed E-state index contributed by atoms with van der Waals surface area (Å²) >= 11 is 0. The summed E-state index contributed by atoms with van der Waals surface area (Å²) in [4.78, 5) is 33.0. The molecular weight excluding hydrogens is 1190 g/mol. The topological polar surface area (TPSA) is 177 Å². The number of benzene rings is 1. The van der Waals surface area contributed by atoms with Gasteiger partial charge in [0.25, 0.3) is 11.8 Å². The molecule has 1 saturated carbocycles. The second kappa shape index (κ2) is 48.2. The van der Waals surface area contributed by atoms with Crippen molar-refractivity contribution in [1.82, 2.24) is 39.9 Å². The van der Waals surface area contributed by atoms with Crippen LogP contribution in [0.2, 0.25) is 0 Å². The first-order valence-electron chi connectivity index (χ1n) is 29.7. The summed E-state index contributed by atoms with van der Waals surface area (Å²) in [6.45, 7) is 32.3. The van der Waals surface area contributed by atoms with Crippen molar-refractivity contribution in [2.45, 2.75) is 214 Å². The molecule has 0 bridgehead atoms. The molecule has 524 valence electrons. The van der Waals surface area contributed by atoms with E-state index in [0.29, 0.717) is 77.8 Å². The number of pyridine rings is 4. The summed E-state index contributed by atoms with van der Waals surface area (Å²) < 4.78 is 79.2. The van der Waals surface area contributed by atoms with Crippen molar-refractivity contribution in [3.8, 4) is 35.3 Å². The van der Waals surface area contributed by atoms with Crippen LogP contribution in [-0.2, 0) is 22.7 Å². The Labute approximate surface area is 560 Å². The molecule has 0 unspecified atom stereocenters. The molecule has 6 heterocycles. The van der Waals surface area contributed by atoms with E-state index in [4.69, 9.17) is 37.9 Å². The van der Waals surface area contributed by atoms with Crippen LogP contribution >= 0.6 is 0 Å². The summed E-state index contributed by atoms with van der Waals surface area (Å²) in [5.41, 5.74) is 9.51. The Morgan fingerprint density at radius 1 is 0.398 bits per heavy atom. The Kier molecular flexibility index (Phi) is 47.7. The molecule has 0 saturated heterocycles. The van der Waals surface area contributed by atoms with E-state index in [0.717, 1.165) is 52.9 Å². The van der Waals surface area contributed by atoms with Crippen LogP contribution in [0.1, 0.15) is 257 Å². The van der Waals surface area contributed by atoms with Crippen LogP contribution in [0.15, 0.2) is 85.1 Å². The van der Waals surface area contributed by atoms with Crippen LogP contribution in [0.3, 0.4) is 0 Å². The fraction of sp³-hybridized carbons (Fsp3) is 0.541. The second-order valence-corrected chi connectivity index (χ2v) is 22.7. The van der Waals surface area contributed by atoms with Crippen molar-refractivity contribution in [2.75, 3.05) is 56.9 Å². The molecule has 1 aliphatic rings. The maximum absolute atomic E-state index is 13.8. The Bertz CT molecular complexity index is 3010. The van der Waals surface area contributed by atoms with Gasteiger partial charge in [-0.1, -0.05) is 170 Å². The molecule has 1 aromatic carbocycles. The lowest BCUT2D eigenvalue weighted by Gasteiger charge is -2.10. The number of hydrogen-bond acceptors (Lipinski definition) is 16. The summed E-state index contributed by atoms with van der Waals surface area (Å²) in [7, 11) is 12.5. The maximum Gasteiger partial charge on any atom is 0.253 e. The van der Waals surface area contributed by atoms with Gasteiger partial charge in [-0.05, 0) is 96.4 Å². The van der Waals surface area contributed by atoms with Gasteiger partial charge in [-0.15, -0.1) is 0 Å². The molecule has 1 fully saturated rings. The predicted molar refractivity (Wildman–Crippen MR) is 377 cm³/mol. The second-order valence-electron chi connectivity index (χ2n) is 22.7. The molecule has 16 nitrogen and oxygen atoms in total. The number of methoxy groups -OCH3 is 8. The fourth-order valence-corrected chi connectivity index (χ4v) is 7.53. The molecule has 0 amide bonds. The van der Waals surface area contributed by atoms with Gasteiger partial charge >= 0.3 is 0 Å². The summed E-state index contributed by atoms with van der Waals surface area (Å²) in [6, 6.07) is 25.4. The molecule has 0 N–H and O–H groups in total. The third-order valence-electron chi connectivity index (χ3n) is 12.8. The normalized spacial score (nSPS) is 10.8. The van der Waals surface area contributed by atoms with Crippen LogP contribution in [-0.4, -0.2) is 96.8 Å². The number of aryl methyl sites for hydroxylation is 1. The minimum Gasteiger partial charge on any atom is -0.481 e. The Balaban J connectivity index is -0.000000494. The van der Waals surface area contributed by atoms with Gasteiger partial charge in [0, 0.05) is 72.9 Å². The van der Waals surface area contributed by atoms with Gasteiger partial charge in [0.2, 0.25) is 35.2 Å². The van der Waals surface area contributed by atoms with Gasteiger partial charge in [0.1, 0.15) is 11.6 Å². The molecule has 0 aliphatic heterocycles. The predicted octanol–water partition coefficient (Wildman–Crippen LogP) is 20.0. The highest BCUT2D eigenvalue weighted by Gasteiger charge is 2.31. The van der Waals surface area contributed by atoms with Gasteiger partial charge in [0.15, 0.2) is 5.82 Å². The molecule has 19 heteroatoms. The number of hydrogen-bond donors (Lipinski definition) is 0.